The number of carbonyl (C=O) groups is 1. The second-order valence-corrected chi connectivity index (χ2v) is 9.20. The smallest absolute Gasteiger partial charge is 0.410 e. The molecule has 2 aliphatic rings. The molecule has 0 saturated carbocycles. The predicted molar refractivity (Wildman–Crippen MR) is 122 cm³/mol. The van der Waals surface area contributed by atoms with Crippen LogP contribution in [0, 0.1) is 0 Å². The molecular formula is C18H35IN4O3S. The first-order valence-electron chi connectivity index (χ1n) is 9.42. The van der Waals surface area contributed by atoms with E-state index in [1.54, 1.807) is 4.90 Å². The molecule has 2 heterocycles. The molecule has 0 aliphatic carbocycles. The Morgan fingerprint density at radius 1 is 1.33 bits per heavy atom. The number of ether oxygens (including phenoxy) is 2. The number of amides is 1. The van der Waals surface area contributed by atoms with E-state index in [9.17, 15) is 4.79 Å². The van der Waals surface area contributed by atoms with Gasteiger partial charge in [-0.1, -0.05) is 0 Å². The van der Waals surface area contributed by atoms with E-state index < -0.39 is 5.60 Å². The molecule has 0 aromatic heterocycles. The summed E-state index contributed by atoms with van der Waals surface area (Å²) < 4.78 is 11.1. The van der Waals surface area contributed by atoms with Crippen LogP contribution in [-0.4, -0.2) is 79.0 Å². The van der Waals surface area contributed by atoms with E-state index in [1.165, 1.54) is 0 Å². The Labute approximate surface area is 184 Å². The number of aliphatic imine (C=N–C) groups is 1. The summed E-state index contributed by atoms with van der Waals surface area (Å²) in [6.45, 7) is 12.2. The van der Waals surface area contributed by atoms with E-state index in [0.29, 0.717) is 13.1 Å². The highest BCUT2D eigenvalue weighted by atomic mass is 127. The van der Waals surface area contributed by atoms with Gasteiger partial charge in [0.15, 0.2) is 5.96 Å². The zero-order valence-electron chi connectivity index (χ0n) is 17.2. The third kappa shape index (κ3) is 7.84. The Balaban J connectivity index is 0.00000364. The van der Waals surface area contributed by atoms with Gasteiger partial charge in [-0.05, 0) is 46.8 Å². The number of hydrogen-bond donors (Lipinski definition) is 2. The van der Waals surface area contributed by atoms with Crippen LogP contribution in [0.5, 0.6) is 0 Å². The highest BCUT2D eigenvalue weighted by Crippen LogP contribution is 2.34. The summed E-state index contributed by atoms with van der Waals surface area (Å²) in [6.07, 6.45) is 3.98. The zero-order valence-corrected chi connectivity index (χ0v) is 20.3. The molecule has 2 fully saturated rings. The van der Waals surface area contributed by atoms with E-state index in [4.69, 9.17) is 14.5 Å². The van der Waals surface area contributed by atoms with Gasteiger partial charge in [0, 0.05) is 37.6 Å². The summed E-state index contributed by atoms with van der Waals surface area (Å²) in [5.74, 6) is 0.821. The van der Waals surface area contributed by atoms with Crippen LogP contribution in [-0.2, 0) is 9.47 Å². The molecule has 0 spiro atoms. The van der Waals surface area contributed by atoms with Gasteiger partial charge in [0.2, 0.25) is 0 Å². The van der Waals surface area contributed by atoms with Crippen LogP contribution in [0.3, 0.4) is 0 Å². The maximum atomic E-state index is 12.0. The third-order valence-corrected chi connectivity index (χ3v) is 5.98. The molecule has 2 rings (SSSR count). The SMILES string of the molecule is CCNC(=NCC1(SC)CCOCC1)NC1CN(C(=O)OC(C)(C)C)C1.I. The van der Waals surface area contributed by atoms with Crippen LogP contribution in [0.2, 0.25) is 0 Å². The van der Waals surface area contributed by atoms with Crippen molar-refractivity contribution < 1.29 is 14.3 Å². The van der Waals surface area contributed by atoms with Crippen LogP contribution >= 0.6 is 35.7 Å². The first-order chi connectivity index (χ1) is 12.3. The highest BCUT2D eigenvalue weighted by Gasteiger charge is 2.35. The molecule has 1 amide bonds. The molecule has 2 aliphatic heterocycles. The van der Waals surface area contributed by atoms with Crippen molar-refractivity contribution in [3.8, 4) is 0 Å². The third-order valence-electron chi connectivity index (χ3n) is 4.58. The van der Waals surface area contributed by atoms with E-state index in [-0.39, 0.29) is 40.9 Å². The molecule has 0 aromatic carbocycles. The Hall–Kier alpha value is -0.420. The lowest BCUT2D eigenvalue weighted by Crippen LogP contribution is -2.63. The lowest BCUT2D eigenvalue weighted by Gasteiger charge is -2.40. The van der Waals surface area contributed by atoms with Crippen molar-refractivity contribution >= 4 is 47.8 Å². The standard InChI is InChI=1S/C18H34N4O3S.HI/c1-6-19-15(20-13-18(26-5)7-9-24-10-8-18)21-14-11-22(12-14)16(23)25-17(2,3)4;/h14H,6-13H2,1-5H3,(H2,19,20,21);1H. The maximum absolute atomic E-state index is 12.0. The quantitative estimate of drug-likeness (QED) is 0.334. The number of nitrogens with one attached hydrogen (secondary N) is 2. The molecular weight excluding hydrogens is 479 g/mol. The molecule has 0 unspecified atom stereocenters. The Morgan fingerprint density at radius 2 is 1.96 bits per heavy atom. The van der Waals surface area contributed by atoms with Gasteiger partial charge in [0.05, 0.1) is 12.6 Å². The molecule has 158 valence electrons. The second kappa shape index (κ2) is 10.9. The van der Waals surface area contributed by atoms with Crippen molar-refractivity contribution in [2.45, 2.75) is 56.9 Å². The number of thioether (sulfide) groups is 1. The molecule has 0 radical (unpaired) electrons. The zero-order chi connectivity index (χ0) is 19.2. The van der Waals surface area contributed by atoms with Crippen LogP contribution in [0.15, 0.2) is 4.99 Å². The van der Waals surface area contributed by atoms with Crippen molar-refractivity contribution in [2.24, 2.45) is 4.99 Å². The average molecular weight is 514 g/mol. The van der Waals surface area contributed by atoms with Crippen LogP contribution in [0.1, 0.15) is 40.5 Å². The van der Waals surface area contributed by atoms with Crippen LogP contribution in [0.4, 0.5) is 4.79 Å². The fourth-order valence-corrected chi connectivity index (χ4v) is 3.72. The molecule has 2 N–H and O–H groups in total. The summed E-state index contributed by atoms with van der Waals surface area (Å²) in [6, 6.07) is 0.209. The summed E-state index contributed by atoms with van der Waals surface area (Å²) in [4.78, 5) is 18.6. The van der Waals surface area contributed by atoms with Gasteiger partial charge in [0.1, 0.15) is 5.60 Å². The molecule has 2 saturated heterocycles. The number of carbonyl (C=O) groups excluding carboxylic acids is 1. The minimum absolute atomic E-state index is 0. The van der Waals surface area contributed by atoms with Crippen LogP contribution < -0.4 is 10.6 Å². The fraction of sp³-hybridized carbons (Fsp3) is 0.889. The highest BCUT2D eigenvalue weighted by molar-refractivity contribution is 14.0. The molecule has 7 nitrogen and oxygen atoms in total. The Bertz CT molecular complexity index is 501. The Kier molecular flexibility index (Phi) is 9.98. The van der Waals surface area contributed by atoms with Crippen molar-refractivity contribution in [3.05, 3.63) is 0 Å². The number of guanidine groups is 1. The lowest BCUT2D eigenvalue weighted by atomic mass is 9.99. The van der Waals surface area contributed by atoms with Gasteiger partial charge in [-0.25, -0.2) is 4.79 Å². The van der Waals surface area contributed by atoms with Crippen molar-refractivity contribution in [1.29, 1.82) is 0 Å². The number of nitrogens with zero attached hydrogens (tertiary/aromatic N) is 2. The van der Waals surface area contributed by atoms with Gasteiger partial charge in [-0.3, -0.25) is 4.99 Å². The minimum atomic E-state index is -0.457. The van der Waals surface area contributed by atoms with E-state index in [2.05, 4.69) is 23.8 Å². The normalized spacial score (nSPS) is 20.3. The largest absolute Gasteiger partial charge is 0.444 e. The number of hydrogen-bond acceptors (Lipinski definition) is 5. The van der Waals surface area contributed by atoms with E-state index in [0.717, 1.165) is 45.1 Å². The molecule has 0 bridgehead atoms. The molecule has 0 aromatic rings. The monoisotopic (exact) mass is 514 g/mol. The number of halogens is 1. The van der Waals surface area contributed by atoms with Gasteiger partial charge in [0.25, 0.3) is 0 Å². The van der Waals surface area contributed by atoms with E-state index in [1.807, 2.05) is 32.5 Å². The van der Waals surface area contributed by atoms with E-state index >= 15 is 0 Å². The number of rotatable bonds is 5. The second-order valence-electron chi connectivity index (χ2n) is 7.92. The maximum Gasteiger partial charge on any atom is 0.410 e. The Morgan fingerprint density at radius 3 is 2.48 bits per heavy atom. The summed E-state index contributed by atoms with van der Waals surface area (Å²) in [7, 11) is 0. The predicted octanol–water partition coefficient (Wildman–Crippen LogP) is 2.69. The summed E-state index contributed by atoms with van der Waals surface area (Å²) in [5, 5.41) is 6.74. The van der Waals surface area contributed by atoms with Crippen molar-refractivity contribution in [1.82, 2.24) is 15.5 Å². The minimum Gasteiger partial charge on any atom is -0.444 e. The summed E-state index contributed by atoms with van der Waals surface area (Å²) >= 11 is 1.89. The molecule has 9 heteroatoms. The van der Waals surface area contributed by atoms with Gasteiger partial charge < -0.3 is 25.0 Å². The first-order valence-corrected chi connectivity index (χ1v) is 10.6. The molecule has 27 heavy (non-hydrogen) atoms. The summed E-state index contributed by atoms with van der Waals surface area (Å²) in [5.41, 5.74) is -0.457. The van der Waals surface area contributed by atoms with Crippen molar-refractivity contribution in [2.75, 3.05) is 45.6 Å². The van der Waals surface area contributed by atoms with Gasteiger partial charge >= 0.3 is 6.09 Å². The first kappa shape index (κ1) is 24.6. The van der Waals surface area contributed by atoms with Gasteiger partial charge in [-0.2, -0.15) is 11.8 Å². The lowest BCUT2D eigenvalue weighted by molar-refractivity contribution is 0.00701. The molecule has 0 atom stereocenters. The van der Waals surface area contributed by atoms with Gasteiger partial charge in [-0.15, -0.1) is 24.0 Å². The van der Waals surface area contributed by atoms with Crippen LogP contribution in [0.25, 0.3) is 0 Å². The van der Waals surface area contributed by atoms with Crippen molar-refractivity contribution in [3.63, 3.8) is 0 Å². The average Bonchev–Trinajstić information content (AvgIpc) is 2.54. The number of likely N-dealkylation sites (tertiary alicyclic amines) is 1. The fourth-order valence-electron chi connectivity index (χ4n) is 2.95. The topological polar surface area (TPSA) is 75.2 Å².